The molecule has 1 aromatic rings. The van der Waals surface area contributed by atoms with Gasteiger partial charge in [-0.05, 0) is 23.6 Å². The van der Waals surface area contributed by atoms with Crippen molar-refractivity contribution in [1.29, 1.82) is 0 Å². The van der Waals surface area contributed by atoms with Gasteiger partial charge in [0.05, 0.1) is 6.61 Å². The van der Waals surface area contributed by atoms with Crippen LogP contribution < -0.4 is 10.2 Å². The van der Waals surface area contributed by atoms with Crippen molar-refractivity contribution in [2.75, 3.05) is 38.8 Å². The molecule has 0 amide bonds. The van der Waals surface area contributed by atoms with Gasteiger partial charge in [0.25, 0.3) is 0 Å². The number of nitrogens with one attached hydrogen (secondary N) is 1. The summed E-state index contributed by atoms with van der Waals surface area (Å²) >= 11 is 3.56. The van der Waals surface area contributed by atoms with Gasteiger partial charge in [-0.3, -0.25) is 0 Å². The molecule has 0 aliphatic carbocycles. The van der Waals surface area contributed by atoms with Crippen molar-refractivity contribution in [1.82, 2.24) is 5.32 Å². The van der Waals surface area contributed by atoms with Crippen LogP contribution in [0.1, 0.15) is 19.4 Å². The molecule has 0 heterocycles. The van der Waals surface area contributed by atoms with E-state index in [1.165, 1.54) is 11.3 Å². The first-order valence-electron chi connectivity index (χ1n) is 6.73. The molecular formula is C15H25BrN2O. The third kappa shape index (κ3) is 5.93. The number of anilines is 1. The van der Waals surface area contributed by atoms with Gasteiger partial charge in [0, 0.05) is 44.0 Å². The van der Waals surface area contributed by atoms with Gasteiger partial charge < -0.3 is 15.0 Å². The summed E-state index contributed by atoms with van der Waals surface area (Å²) in [7, 11) is 3.88. The number of halogens is 1. The monoisotopic (exact) mass is 328 g/mol. The second-order valence-corrected chi connectivity index (χ2v) is 6.13. The molecule has 1 aromatic carbocycles. The Balaban J connectivity index is 2.73. The van der Waals surface area contributed by atoms with Crippen molar-refractivity contribution in [3.8, 4) is 0 Å². The van der Waals surface area contributed by atoms with E-state index in [2.05, 4.69) is 65.2 Å². The number of ether oxygens (including phenoxy) is 1. The maximum atomic E-state index is 5.05. The van der Waals surface area contributed by atoms with Crippen molar-refractivity contribution in [3.63, 3.8) is 0 Å². The Morgan fingerprint density at radius 1 is 1.37 bits per heavy atom. The van der Waals surface area contributed by atoms with Crippen LogP contribution in [0.25, 0.3) is 0 Å². The minimum absolute atomic E-state index is 0.651. The largest absolute Gasteiger partial charge is 0.383 e. The lowest BCUT2D eigenvalue weighted by atomic mass is 10.1. The SMILES string of the molecule is COCCNCc1ccc(Br)cc1N(C)CC(C)C. The summed E-state index contributed by atoms with van der Waals surface area (Å²) in [5.74, 6) is 0.651. The molecule has 0 aliphatic heterocycles. The van der Waals surface area contributed by atoms with E-state index in [9.17, 15) is 0 Å². The molecule has 3 nitrogen and oxygen atoms in total. The van der Waals surface area contributed by atoms with Gasteiger partial charge in [-0.1, -0.05) is 35.8 Å². The minimum Gasteiger partial charge on any atom is -0.383 e. The van der Waals surface area contributed by atoms with Crippen LogP contribution in [0.3, 0.4) is 0 Å². The van der Waals surface area contributed by atoms with Gasteiger partial charge in [-0.15, -0.1) is 0 Å². The summed E-state index contributed by atoms with van der Waals surface area (Å²) in [6.07, 6.45) is 0. The highest BCUT2D eigenvalue weighted by Gasteiger charge is 2.09. The molecule has 19 heavy (non-hydrogen) atoms. The molecule has 1 rings (SSSR count). The molecule has 0 bridgehead atoms. The lowest BCUT2D eigenvalue weighted by Gasteiger charge is -2.25. The molecule has 0 atom stereocenters. The van der Waals surface area contributed by atoms with E-state index in [0.29, 0.717) is 5.92 Å². The first-order chi connectivity index (χ1) is 9.04. The molecule has 1 N–H and O–H groups in total. The van der Waals surface area contributed by atoms with E-state index in [1.54, 1.807) is 7.11 Å². The molecule has 0 aromatic heterocycles. The van der Waals surface area contributed by atoms with Crippen molar-refractivity contribution < 1.29 is 4.74 Å². The number of hydrogen-bond donors (Lipinski definition) is 1. The summed E-state index contributed by atoms with van der Waals surface area (Å²) in [6, 6.07) is 6.46. The van der Waals surface area contributed by atoms with E-state index < -0.39 is 0 Å². The van der Waals surface area contributed by atoms with E-state index in [4.69, 9.17) is 4.74 Å². The number of rotatable bonds is 8. The van der Waals surface area contributed by atoms with Gasteiger partial charge in [0.2, 0.25) is 0 Å². The van der Waals surface area contributed by atoms with Gasteiger partial charge >= 0.3 is 0 Å². The quantitative estimate of drug-likeness (QED) is 0.741. The van der Waals surface area contributed by atoms with Crippen molar-refractivity contribution in [2.24, 2.45) is 5.92 Å². The van der Waals surface area contributed by atoms with E-state index >= 15 is 0 Å². The highest BCUT2D eigenvalue weighted by Crippen LogP contribution is 2.25. The Morgan fingerprint density at radius 3 is 2.74 bits per heavy atom. The van der Waals surface area contributed by atoms with Crippen LogP contribution in [0, 0.1) is 5.92 Å². The van der Waals surface area contributed by atoms with Crippen LogP contribution in [-0.4, -0.2) is 33.9 Å². The Bertz CT molecular complexity index is 382. The Hall–Kier alpha value is -0.580. The molecule has 108 valence electrons. The first kappa shape index (κ1) is 16.5. The van der Waals surface area contributed by atoms with Gasteiger partial charge in [0.1, 0.15) is 0 Å². The summed E-state index contributed by atoms with van der Waals surface area (Å²) in [4.78, 5) is 2.32. The fourth-order valence-electron chi connectivity index (χ4n) is 2.09. The zero-order chi connectivity index (χ0) is 14.3. The highest BCUT2D eigenvalue weighted by molar-refractivity contribution is 9.10. The minimum atomic E-state index is 0.651. The summed E-state index contributed by atoms with van der Waals surface area (Å²) in [5, 5.41) is 3.40. The van der Waals surface area contributed by atoms with Crippen LogP contribution in [0.5, 0.6) is 0 Å². The van der Waals surface area contributed by atoms with Gasteiger partial charge in [-0.2, -0.15) is 0 Å². The number of methoxy groups -OCH3 is 1. The molecule has 0 fully saturated rings. The molecule has 0 radical (unpaired) electrons. The Labute approximate surface area is 125 Å². The standard InChI is InChI=1S/C15H25BrN2O/c1-12(2)11-18(3)15-9-14(16)6-5-13(15)10-17-7-8-19-4/h5-6,9,12,17H,7-8,10-11H2,1-4H3. The zero-order valence-corrected chi connectivity index (χ0v) is 14.0. The summed E-state index contributed by atoms with van der Waals surface area (Å²) in [6.45, 7) is 8.03. The van der Waals surface area contributed by atoms with Gasteiger partial charge in [-0.25, -0.2) is 0 Å². The third-order valence-corrected chi connectivity index (χ3v) is 3.39. The normalized spacial score (nSPS) is 11.1. The summed E-state index contributed by atoms with van der Waals surface area (Å²) < 4.78 is 6.17. The molecular weight excluding hydrogens is 304 g/mol. The van der Waals surface area contributed by atoms with Gasteiger partial charge in [0.15, 0.2) is 0 Å². The summed E-state index contributed by atoms with van der Waals surface area (Å²) in [5.41, 5.74) is 2.61. The molecule has 0 saturated heterocycles. The fourth-order valence-corrected chi connectivity index (χ4v) is 2.43. The molecule has 0 saturated carbocycles. The smallest absolute Gasteiger partial charge is 0.0587 e. The van der Waals surface area contributed by atoms with Crippen molar-refractivity contribution in [2.45, 2.75) is 20.4 Å². The Morgan fingerprint density at radius 2 is 2.11 bits per heavy atom. The second-order valence-electron chi connectivity index (χ2n) is 5.22. The molecule has 4 heteroatoms. The van der Waals surface area contributed by atoms with Crippen LogP contribution in [0.2, 0.25) is 0 Å². The zero-order valence-electron chi connectivity index (χ0n) is 12.4. The van der Waals surface area contributed by atoms with E-state index in [-0.39, 0.29) is 0 Å². The number of nitrogens with zero attached hydrogens (tertiary/aromatic N) is 1. The first-order valence-corrected chi connectivity index (χ1v) is 7.53. The third-order valence-electron chi connectivity index (χ3n) is 2.90. The van der Waals surface area contributed by atoms with Crippen molar-refractivity contribution >= 4 is 21.6 Å². The van der Waals surface area contributed by atoms with Crippen LogP contribution in [0.4, 0.5) is 5.69 Å². The maximum absolute atomic E-state index is 5.05. The Kier molecular flexibility index (Phi) is 7.42. The second kappa shape index (κ2) is 8.56. The fraction of sp³-hybridized carbons (Fsp3) is 0.600. The van der Waals surface area contributed by atoms with Crippen LogP contribution in [-0.2, 0) is 11.3 Å². The van der Waals surface area contributed by atoms with Crippen molar-refractivity contribution in [3.05, 3.63) is 28.2 Å². The predicted octanol–water partition coefficient (Wildman–Crippen LogP) is 3.28. The molecule has 0 spiro atoms. The maximum Gasteiger partial charge on any atom is 0.0587 e. The number of benzene rings is 1. The van der Waals surface area contributed by atoms with Crippen LogP contribution in [0.15, 0.2) is 22.7 Å². The molecule has 0 unspecified atom stereocenters. The average molecular weight is 329 g/mol. The van der Waals surface area contributed by atoms with E-state index in [0.717, 1.165) is 30.7 Å². The topological polar surface area (TPSA) is 24.5 Å². The highest BCUT2D eigenvalue weighted by atomic mass is 79.9. The number of hydrogen-bond acceptors (Lipinski definition) is 3. The van der Waals surface area contributed by atoms with E-state index in [1.807, 2.05) is 0 Å². The average Bonchev–Trinajstić information content (AvgIpc) is 2.35. The molecule has 0 aliphatic rings. The lowest BCUT2D eigenvalue weighted by Crippen LogP contribution is -2.25. The predicted molar refractivity (Wildman–Crippen MR) is 85.8 cm³/mol. The van der Waals surface area contributed by atoms with Crippen LogP contribution >= 0.6 is 15.9 Å². The lowest BCUT2D eigenvalue weighted by molar-refractivity contribution is 0.199.